The van der Waals surface area contributed by atoms with Crippen LogP contribution in [0.2, 0.25) is 0 Å². The number of imidazole rings is 1. The van der Waals surface area contributed by atoms with Crippen LogP contribution in [0.25, 0.3) is 16.9 Å². The van der Waals surface area contributed by atoms with Crippen molar-refractivity contribution in [3.63, 3.8) is 0 Å². The third-order valence-corrected chi connectivity index (χ3v) is 6.27. The lowest BCUT2D eigenvalue weighted by atomic mass is 9.75. The lowest BCUT2D eigenvalue weighted by molar-refractivity contribution is -0.384. The van der Waals surface area contributed by atoms with Gasteiger partial charge in [0.2, 0.25) is 0 Å². The van der Waals surface area contributed by atoms with Gasteiger partial charge in [-0.25, -0.2) is 4.98 Å². The fourth-order valence-corrected chi connectivity index (χ4v) is 4.59. The SMILES string of the molecule is COc1ccc(C(=O)[C@@H]2c3nc4ccccc4n3C(N)=C(C#N)[C@H]2c2ccc([N+](=O)[O-])cc2)cc1. The smallest absolute Gasteiger partial charge is 0.269 e. The molecule has 1 aromatic heterocycles. The maximum Gasteiger partial charge on any atom is 0.269 e. The highest BCUT2D eigenvalue weighted by atomic mass is 16.6. The van der Waals surface area contributed by atoms with Crippen LogP contribution >= 0.6 is 0 Å². The minimum Gasteiger partial charge on any atom is -0.497 e. The molecule has 2 N–H and O–H groups in total. The monoisotopic (exact) mass is 465 g/mol. The minimum atomic E-state index is -0.890. The van der Waals surface area contributed by atoms with E-state index in [1.54, 1.807) is 41.0 Å². The van der Waals surface area contributed by atoms with Crippen LogP contribution in [0.4, 0.5) is 5.69 Å². The van der Waals surface area contributed by atoms with Gasteiger partial charge in [0.25, 0.3) is 5.69 Å². The van der Waals surface area contributed by atoms with E-state index in [1.807, 2.05) is 24.3 Å². The van der Waals surface area contributed by atoms with Crippen LogP contribution < -0.4 is 10.5 Å². The molecule has 0 fully saturated rings. The van der Waals surface area contributed by atoms with Crippen molar-refractivity contribution in [1.29, 1.82) is 5.26 Å². The number of rotatable bonds is 5. The molecule has 5 rings (SSSR count). The normalized spacial score (nSPS) is 17.0. The summed E-state index contributed by atoms with van der Waals surface area (Å²) in [5.41, 5.74) is 8.90. The number of nitro benzene ring substituents is 1. The molecule has 2 atom stereocenters. The van der Waals surface area contributed by atoms with Gasteiger partial charge in [-0.15, -0.1) is 0 Å². The van der Waals surface area contributed by atoms with E-state index >= 15 is 0 Å². The molecule has 1 aliphatic rings. The third-order valence-electron chi connectivity index (χ3n) is 6.27. The molecule has 4 aromatic rings. The van der Waals surface area contributed by atoms with Gasteiger partial charge < -0.3 is 10.5 Å². The number of aromatic nitrogens is 2. The Morgan fingerprint density at radius 2 is 1.80 bits per heavy atom. The van der Waals surface area contributed by atoms with Crippen molar-refractivity contribution in [2.24, 2.45) is 5.73 Å². The molecule has 0 saturated carbocycles. The van der Waals surface area contributed by atoms with Crippen LogP contribution in [0.5, 0.6) is 5.75 Å². The van der Waals surface area contributed by atoms with Gasteiger partial charge in [-0.1, -0.05) is 24.3 Å². The van der Waals surface area contributed by atoms with Gasteiger partial charge in [-0.3, -0.25) is 19.5 Å². The highest BCUT2D eigenvalue weighted by Gasteiger charge is 2.43. The molecule has 3 aromatic carbocycles. The first-order valence-electron chi connectivity index (χ1n) is 10.7. The Hall–Kier alpha value is -4.97. The van der Waals surface area contributed by atoms with Crippen LogP contribution in [-0.4, -0.2) is 27.4 Å². The summed E-state index contributed by atoms with van der Waals surface area (Å²) < 4.78 is 6.86. The zero-order valence-corrected chi connectivity index (χ0v) is 18.6. The number of para-hydroxylation sites is 2. The number of hydrogen-bond acceptors (Lipinski definition) is 7. The molecule has 35 heavy (non-hydrogen) atoms. The van der Waals surface area contributed by atoms with Crippen molar-refractivity contribution in [2.45, 2.75) is 11.8 Å². The molecule has 0 unspecified atom stereocenters. The number of nitro groups is 1. The first-order chi connectivity index (χ1) is 16.9. The average Bonchev–Trinajstić information content (AvgIpc) is 3.28. The van der Waals surface area contributed by atoms with Crippen LogP contribution in [0, 0.1) is 21.4 Å². The van der Waals surface area contributed by atoms with Crippen molar-refractivity contribution < 1.29 is 14.5 Å². The molecule has 0 aliphatic carbocycles. The van der Waals surface area contributed by atoms with Gasteiger partial charge in [0.1, 0.15) is 17.4 Å². The van der Waals surface area contributed by atoms with E-state index in [1.165, 1.54) is 19.2 Å². The van der Waals surface area contributed by atoms with Gasteiger partial charge in [0.05, 0.1) is 40.6 Å². The third kappa shape index (κ3) is 3.48. The van der Waals surface area contributed by atoms with Gasteiger partial charge in [-0.2, -0.15) is 5.26 Å². The summed E-state index contributed by atoms with van der Waals surface area (Å²) >= 11 is 0. The first-order valence-corrected chi connectivity index (χ1v) is 10.7. The van der Waals surface area contributed by atoms with E-state index in [9.17, 15) is 20.2 Å². The summed E-state index contributed by atoms with van der Waals surface area (Å²) in [5.74, 6) is -0.733. The molecule has 0 spiro atoms. The predicted octanol–water partition coefficient (Wildman–Crippen LogP) is 4.37. The highest BCUT2D eigenvalue weighted by molar-refractivity contribution is 6.03. The Balaban J connectivity index is 1.76. The molecular weight excluding hydrogens is 446 g/mol. The Bertz CT molecular complexity index is 1550. The van der Waals surface area contributed by atoms with Crippen LogP contribution in [0.3, 0.4) is 0 Å². The number of ketones is 1. The highest BCUT2D eigenvalue weighted by Crippen LogP contribution is 2.46. The molecule has 0 bridgehead atoms. The van der Waals surface area contributed by atoms with E-state index < -0.39 is 16.8 Å². The number of Topliss-reactive ketones (excluding diaryl/α,β-unsaturated/α-hetero) is 1. The van der Waals surface area contributed by atoms with Crippen LogP contribution in [0.1, 0.15) is 33.6 Å². The van der Waals surface area contributed by atoms with E-state index in [4.69, 9.17) is 15.5 Å². The second-order valence-electron chi connectivity index (χ2n) is 8.10. The molecular formula is C26H19N5O4. The number of benzene rings is 3. The number of carbonyl (C=O) groups is 1. The maximum atomic E-state index is 14.0. The molecule has 172 valence electrons. The number of nitriles is 1. The standard InChI is InChI=1S/C26H19N5O4/c1-35-18-12-8-16(9-13-18)24(32)23-22(15-6-10-17(11-7-15)31(33)34)19(14-27)25(28)30-21-5-3-2-4-20(21)29-26(23)30/h2-13,22-23H,28H2,1H3/t22-,23-/m1/s1. The Morgan fingerprint density at radius 1 is 1.11 bits per heavy atom. The zero-order chi connectivity index (χ0) is 24.7. The molecule has 9 heteroatoms. The number of carbonyl (C=O) groups excluding carboxylic acids is 1. The van der Waals surface area contributed by atoms with Crippen LogP contribution in [0.15, 0.2) is 78.4 Å². The number of non-ortho nitro benzene ring substituents is 1. The maximum absolute atomic E-state index is 14.0. The molecule has 9 nitrogen and oxygen atoms in total. The summed E-state index contributed by atoms with van der Waals surface area (Å²) in [6.07, 6.45) is 0. The largest absolute Gasteiger partial charge is 0.497 e. The van der Waals surface area contributed by atoms with Crippen molar-refractivity contribution in [2.75, 3.05) is 7.11 Å². The Kier molecular flexibility index (Phi) is 5.26. The van der Waals surface area contributed by atoms with E-state index in [2.05, 4.69) is 6.07 Å². The second kappa shape index (κ2) is 8.43. The lowest BCUT2D eigenvalue weighted by Gasteiger charge is -2.32. The first kappa shape index (κ1) is 21.9. The summed E-state index contributed by atoms with van der Waals surface area (Å²) in [7, 11) is 1.54. The van der Waals surface area contributed by atoms with Crippen molar-refractivity contribution in [3.05, 3.63) is 105 Å². The molecule has 0 amide bonds. The number of allylic oxidation sites excluding steroid dienone is 1. The topological polar surface area (TPSA) is 137 Å². The number of nitrogens with two attached hydrogens (primary N) is 1. The summed E-state index contributed by atoms with van der Waals surface area (Å²) in [6.45, 7) is 0. The minimum absolute atomic E-state index is 0.0923. The molecule has 0 radical (unpaired) electrons. The number of methoxy groups -OCH3 is 1. The van der Waals surface area contributed by atoms with Gasteiger partial charge in [0, 0.05) is 23.6 Å². The number of hydrogen-bond donors (Lipinski definition) is 1. The van der Waals surface area contributed by atoms with Crippen molar-refractivity contribution in [3.8, 4) is 11.8 Å². The second-order valence-corrected chi connectivity index (χ2v) is 8.10. The van der Waals surface area contributed by atoms with E-state index in [0.717, 1.165) is 0 Å². The molecule has 0 saturated heterocycles. The van der Waals surface area contributed by atoms with Crippen LogP contribution in [-0.2, 0) is 0 Å². The quantitative estimate of drug-likeness (QED) is 0.262. The lowest BCUT2D eigenvalue weighted by Crippen LogP contribution is -2.32. The van der Waals surface area contributed by atoms with Crippen molar-refractivity contribution >= 4 is 28.3 Å². The number of ether oxygens (including phenoxy) is 1. The average molecular weight is 465 g/mol. The fourth-order valence-electron chi connectivity index (χ4n) is 4.59. The van der Waals surface area contributed by atoms with Gasteiger partial charge >= 0.3 is 0 Å². The van der Waals surface area contributed by atoms with E-state index in [0.29, 0.717) is 33.7 Å². The Morgan fingerprint density at radius 3 is 2.43 bits per heavy atom. The van der Waals surface area contributed by atoms with Crippen molar-refractivity contribution in [1.82, 2.24) is 9.55 Å². The summed E-state index contributed by atoms with van der Waals surface area (Å²) in [4.78, 5) is 29.4. The van der Waals surface area contributed by atoms with E-state index in [-0.39, 0.29) is 22.9 Å². The number of fused-ring (bicyclic) bond motifs is 3. The molecule has 2 heterocycles. The predicted molar refractivity (Wildman–Crippen MR) is 129 cm³/mol. The van der Waals surface area contributed by atoms with Gasteiger partial charge in [-0.05, 0) is 42.0 Å². The van der Waals surface area contributed by atoms with Gasteiger partial charge in [0.15, 0.2) is 5.78 Å². The summed E-state index contributed by atoms with van der Waals surface area (Å²) in [6, 6.07) is 22.0. The fraction of sp³-hybridized carbons (Fsp3) is 0.115. The number of nitrogens with zero attached hydrogens (tertiary/aromatic N) is 4. The summed E-state index contributed by atoms with van der Waals surface area (Å²) in [5, 5.41) is 21.3. The zero-order valence-electron chi connectivity index (χ0n) is 18.6. The molecule has 1 aliphatic heterocycles. The Labute approximate surface area is 199 Å².